The summed E-state index contributed by atoms with van der Waals surface area (Å²) in [6.07, 6.45) is 4.48. The minimum absolute atomic E-state index is 0.158. The smallest absolute Gasteiger partial charge is 0.128 e. The van der Waals surface area contributed by atoms with Crippen molar-refractivity contribution >= 4 is 5.84 Å². The molecule has 2 heteroatoms. The second-order valence-corrected chi connectivity index (χ2v) is 4.38. The molecule has 0 spiro atoms. The Labute approximate surface area is 89.7 Å². The SMILES string of the molecule is CN=C1NC2C=CC2(C)c2ccccc21. The number of hydrogen-bond acceptors (Lipinski definition) is 1. The molecule has 0 saturated heterocycles. The van der Waals surface area contributed by atoms with E-state index in [4.69, 9.17) is 0 Å². The maximum Gasteiger partial charge on any atom is 0.128 e. The predicted molar refractivity (Wildman–Crippen MR) is 62.3 cm³/mol. The number of rotatable bonds is 0. The molecule has 0 radical (unpaired) electrons. The summed E-state index contributed by atoms with van der Waals surface area (Å²) in [5.41, 5.74) is 2.78. The zero-order valence-electron chi connectivity index (χ0n) is 8.99. The molecule has 0 bridgehead atoms. The van der Waals surface area contributed by atoms with Gasteiger partial charge in [0.2, 0.25) is 0 Å². The molecule has 0 aromatic heterocycles. The second-order valence-electron chi connectivity index (χ2n) is 4.38. The molecular formula is C13H14N2. The topological polar surface area (TPSA) is 24.4 Å². The first-order valence-electron chi connectivity index (χ1n) is 5.28. The fourth-order valence-corrected chi connectivity index (χ4v) is 2.51. The van der Waals surface area contributed by atoms with Gasteiger partial charge in [-0.3, -0.25) is 4.99 Å². The number of hydrogen-bond donors (Lipinski definition) is 1. The summed E-state index contributed by atoms with van der Waals surface area (Å²) >= 11 is 0. The monoisotopic (exact) mass is 198 g/mol. The van der Waals surface area contributed by atoms with E-state index in [9.17, 15) is 0 Å². The largest absolute Gasteiger partial charge is 0.362 e. The van der Waals surface area contributed by atoms with Gasteiger partial charge >= 0.3 is 0 Å². The van der Waals surface area contributed by atoms with Crippen molar-refractivity contribution < 1.29 is 0 Å². The molecule has 2 atom stereocenters. The van der Waals surface area contributed by atoms with Crippen LogP contribution in [0, 0.1) is 0 Å². The van der Waals surface area contributed by atoms with Crippen LogP contribution in [0.5, 0.6) is 0 Å². The Morgan fingerprint density at radius 3 is 2.80 bits per heavy atom. The van der Waals surface area contributed by atoms with Gasteiger partial charge in [0.25, 0.3) is 0 Å². The lowest BCUT2D eigenvalue weighted by Gasteiger charge is -2.46. The molecule has 0 saturated carbocycles. The quantitative estimate of drug-likeness (QED) is 0.632. The van der Waals surface area contributed by atoms with Gasteiger partial charge in [-0.1, -0.05) is 36.4 Å². The third kappa shape index (κ3) is 0.965. The molecule has 1 aromatic rings. The zero-order valence-corrected chi connectivity index (χ0v) is 8.99. The number of nitrogens with one attached hydrogen (secondary N) is 1. The Balaban J connectivity index is 2.26. The molecule has 1 aromatic carbocycles. The van der Waals surface area contributed by atoms with Crippen LogP contribution in [-0.4, -0.2) is 18.9 Å². The third-order valence-electron chi connectivity index (χ3n) is 3.56. The van der Waals surface area contributed by atoms with Crippen LogP contribution in [0.3, 0.4) is 0 Å². The van der Waals surface area contributed by atoms with Crippen LogP contribution < -0.4 is 5.32 Å². The summed E-state index contributed by atoms with van der Waals surface area (Å²) in [5, 5.41) is 3.46. The molecule has 15 heavy (non-hydrogen) atoms. The van der Waals surface area contributed by atoms with Crippen LogP contribution in [-0.2, 0) is 5.41 Å². The van der Waals surface area contributed by atoms with Crippen molar-refractivity contribution in [3.63, 3.8) is 0 Å². The van der Waals surface area contributed by atoms with Crippen molar-refractivity contribution in [2.24, 2.45) is 4.99 Å². The maximum absolute atomic E-state index is 4.31. The zero-order chi connectivity index (χ0) is 10.5. The molecular weight excluding hydrogens is 184 g/mol. The van der Waals surface area contributed by atoms with Crippen LogP contribution in [0.4, 0.5) is 0 Å². The molecule has 1 N–H and O–H groups in total. The van der Waals surface area contributed by atoms with Crippen LogP contribution in [0.2, 0.25) is 0 Å². The maximum atomic E-state index is 4.31. The predicted octanol–water partition coefficient (Wildman–Crippen LogP) is 1.86. The van der Waals surface area contributed by atoms with Gasteiger partial charge in [0, 0.05) is 18.0 Å². The van der Waals surface area contributed by atoms with E-state index >= 15 is 0 Å². The van der Waals surface area contributed by atoms with Gasteiger partial charge in [-0.2, -0.15) is 0 Å². The summed E-state index contributed by atoms with van der Waals surface area (Å²) < 4.78 is 0. The average molecular weight is 198 g/mol. The first-order valence-corrected chi connectivity index (χ1v) is 5.28. The molecule has 76 valence electrons. The van der Waals surface area contributed by atoms with Gasteiger partial charge in [-0.05, 0) is 12.5 Å². The van der Waals surface area contributed by atoms with E-state index in [1.807, 2.05) is 7.05 Å². The molecule has 2 unspecified atom stereocenters. The van der Waals surface area contributed by atoms with Crippen LogP contribution in [0.1, 0.15) is 18.1 Å². The molecule has 2 nitrogen and oxygen atoms in total. The van der Waals surface area contributed by atoms with Gasteiger partial charge in [0.15, 0.2) is 0 Å². The van der Waals surface area contributed by atoms with Gasteiger partial charge in [0.1, 0.15) is 5.84 Å². The van der Waals surface area contributed by atoms with E-state index in [1.54, 1.807) is 0 Å². The molecule has 1 aliphatic heterocycles. The molecule has 2 aliphatic rings. The second kappa shape index (κ2) is 2.72. The van der Waals surface area contributed by atoms with E-state index in [0.717, 1.165) is 5.84 Å². The van der Waals surface area contributed by atoms with Crippen molar-refractivity contribution in [1.82, 2.24) is 5.32 Å². The Kier molecular flexibility index (Phi) is 1.58. The van der Waals surface area contributed by atoms with Crippen LogP contribution >= 0.6 is 0 Å². The molecule has 1 aliphatic carbocycles. The lowest BCUT2D eigenvalue weighted by molar-refractivity contribution is 0.429. The summed E-state index contributed by atoms with van der Waals surface area (Å²) in [5.74, 6) is 1.01. The number of fused-ring (bicyclic) bond motifs is 3. The van der Waals surface area contributed by atoms with E-state index in [0.29, 0.717) is 6.04 Å². The summed E-state index contributed by atoms with van der Waals surface area (Å²) in [6.45, 7) is 2.27. The Morgan fingerprint density at radius 2 is 2.13 bits per heavy atom. The van der Waals surface area contributed by atoms with Crippen LogP contribution in [0.15, 0.2) is 41.4 Å². The molecule has 1 heterocycles. The Morgan fingerprint density at radius 1 is 1.33 bits per heavy atom. The summed E-state index contributed by atoms with van der Waals surface area (Å²) in [6, 6.07) is 8.92. The minimum atomic E-state index is 0.158. The highest BCUT2D eigenvalue weighted by Crippen LogP contribution is 2.41. The normalized spacial score (nSPS) is 34.0. The Bertz CT molecular complexity index is 473. The van der Waals surface area contributed by atoms with Gasteiger partial charge < -0.3 is 5.32 Å². The van der Waals surface area contributed by atoms with Gasteiger partial charge in [0.05, 0.1) is 6.04 Å². The Hall–Kier alpha value is -1.57. The van der Waals surface area contributed by atoms with Crippen molar-refractivity contribution in [3.05, 3.63) is 47.5 Å². The van der Waals surface area contributed by atoms with E-state index < -0.39 is 0 Å². The van der Waals surface area contributed by atoms with Crippen molar-refractivity contribution in [3.8, 4) is 0 Å². The van der Waals surface area contributed by atoms with E-state index in [2.05, 4.69) is 53.7 Å². The summed E-state index contributed by atoms with van der Waals surface area (Å²) in [7, 11) is 1.84. The fourth-order valence-electron chi connectivity index (χ4n) is 2.51. The van der Waals surface area contributed by atoms with Crippen molar-refractivity contribution in [2.45, 2.75) is 18.4 Å². The first kappa shape index (κ1) is 8.72. The first-order chi connectivity index (χ1) is 7.25. The number of aliphatic imine (C=N–C) groups is 1. The lowest BCUT2D eigenvalue weighted by atomic mass is 9.65. The molecule has 0 amide bonds. The number of nitrogens with zero attached hydrogens (tertiary/aromatic N) is 1. The number of benzene rings is 1. The standard InChI is InChI=1S/C13H14N2/c1-13-8-7-11(13)15-12(14-2)9-5-3-4-6-10(9)13/h3-8,11H,1-2H3,(H,14,15). The van der Waals surface area contributed by atoms with Crippen molar-refractivity contribution in [2.75, 3.05) is 7.05 Å². The highest BCUT2D eigenvalue weighted by Gasteiger charge is 2.44. The fraction of sp³-hybridized carbons (Fsp3) is 0.308. The lowest BCUT2D eigenvalue weighted by Crippen LogP contribution is -2.56. The molecule has 0 fully saturated rings. The molecule has 3 rings (SSSR count). The minimum Gasteiger partial charge on any atom is -0.362 e. The third-order valence-corrected chi connectivity index (χ3v) is 3.56. The summed E-state index contributed by atoms with van der Waals surface area (Å²) in [4.78, 5) is 4.31. The van der Waals surface area contributed by atoms with Gasteiger partial charge in [-0.15, -0.1) is 0 Å². The van der Waals surface area contributed by atoms with Crippen LogP contribution in [0.25, 0.3) is 0 Å². The van der Waals surface area contributed by atoms with E-state index in [1.165, 1.54) is 11.1 Å². The highest BCUT2D eigenvalue weighted by molar-refractivity contribution is 6.02. The van der Waals surface area contributed by atoms with Gasteiger partial charge in [-0.25, -0.2) is 0 Å². The van der Waals surface area contributed by atoms with E-state index in [-0.39, 0.29) is 5.41 Å². The van der Waals surface area contributed by atoms with Crippen molar-refractivity contribution in [1.29, 1.82) is 0 Å². The average Bonchev–Trinajstić information content (AvgIpc) is 2.27. The highest BCUT2D eigenvalue weighted by atomic mass is 15.0. The number of amidine groups is 1.